The lowest BCUT2D eigenvalue weighted by Crippen LogP contribution is -2.12. The molecule has 6 rings (SSSR count). The van der Waals surface area contributed by atoms with Gasteiger partial charge in [0.25, 0.3) is 0 Å². The first-order valence-corrected chi connectivity index (χ1v) is 14.9. The molecule has 44 heavy (non-hydrogen) atoms. The zero-order valence-electron chi connectivity index (χ0n) is 25.3. The Morgan fingerprint density at radius 1 is 0.386 bits per heavy atom. The summed E-state index contributed by atoms with van der Waals surface area (Å²) in [5.74, 6) is 0. The Hall–Kier alpha value is -5.60. The minimum atomic E-state index is 1.09. The molecule has 0 fully saturated rings. The molecule has 0 saturated carbocycles. The van der Waals surface area contributed by atoms with Crippen LogP contribution in [0.2, 0.25) is 0 Å². The minimum absolute atomic E-state index is 1.09. The van der Waals surface area contributed by atoms with E-state index in [0.717, 1.165) is 56.4 Å². The van der Waals surface area contributed by atoms with E-state index in [1.165, 1.54) is 11.1 Å². The van der Waals surface area contributed by atoms with Crippen molar-refractivity contribution in [1.29, 1.82) is 0 Å². The Morgan fingerprint density at radius 3 is 1.05 bits per heavy atom. The third-order valence-electron chi connectivity index (χ3n) is 8.09. The molecule has 0 spiro atoms. The lowest BCUT2D eigenvalue weighted by molar-refractivity contribution is 1.24. The van der Waals surface area contributed by atoms with Gasteiger partial charge in [0.2, 0.25) is 0 Å². The van der Waals surface area contributed by atoms with Crippen LogP contribution in [-0.4, -0.2) is 0 Å². The molecule has 0 radical (unpaired) electrons. The highest BCUT2D eigenvalue weighted by molar-refractivity contribution is 5.86. The molecular formula is C42H36N2. The van der Waals surface area contributed by atoms with Gasteiger partial charge in [-0.25, -0.2) is 0 Å². The summed E-state index contributed by atoms with van der Waals surface area (Å²) in [7, 11) is 0. The third-order valence-corrected chi connectivity index (χ3v) is 8.09. The molecule has 0 atom stereocenters. The van der Waals surface area contributed by atoms with Gasteiger partial charge in [0.1, 0.15) is 0 Å². The molecule has 0 heterocycles. The Morgan fingerprint density at radius 2 is 0.705 bits per heavy atom. The van der Waals surface area contributed by atoms with Crippen molar-refractivity contribution in [2.45, 2.75) is 13.8 Å². The summed E-state index contributed by atoms with van der Waals surface area (Å²) in [6, 6.07) is 51.4. The van der Waals surface area contributed by atoms with Crippen LogP contribution in [0.25, 0.3) is 23.3 Å². The number of nitrogens with zero attached hydrogens (tertiary/aromatic N) is 2. The molecule has 0 aliphatic heterocycles. The van der Waals surface area contributed by atoms with E-state index in [0.29, 0.717) is 0 Å². The van der Waals surface area contributed by atoms with Crippen molar-refractivity contribution >= 4 is 46.3 Å². The molecule has 6 aromatic carbocycles. The highest BCUT2D eigenvalue weighted by Gasteiger charge is 2.18. The highest BCUT2D eigenvalue weighted by Crippen LogP contribution is 2.41. The quantitative estimate of drug-likeness (QED) is 0.171. The maximum Gasteiger partial charge on any atom is 0.0533 e. The fraction of sp³-hybridized carbons (Fsp3) is 0.0476. The molecule has 0 aromatic heterocycles. The molecule has 2 nitrogen and oxygen atoms in total. The zero-order chi connectivity index (χ0) is 30.5. The van der Waals surface area contributed by atoms with Gasteiger partial charge in [-0.15, -0.1) is 0 Å². The summed E-state index contributed by atoms with van der Waals surface area (Å²) in [4.78, 5) is 4.63. The van der Waals surface area contributed by atoms with Crippen molar-refractivity contribution in [2.24, 2.45) is 0 Å². The Balaban J connectivity index is 1.37. The van der Waals surface area contributed by atoms with Gasteiger partial charge in [-0.05, 0) is 95.8 Å². The van der Waals surface area contributed by atoms with Gasteiger partial charge in [0, 0.05) is 22.7 Å². The van der Waals surface area contributed by atoms with Gasteiger partial charge < -0.3 is 9.80 Å². The van der Waals surface area contributed by atoms with Crippen LogP contribution in [0, 0.1) is 13.8 Å². The van der Waals surface area contributed by atoms with Crippen LogP contribution >= 0.6 is 0 Å². The van der Waals surface area contributed by atoms with Crippen LogP contribution in [0.5, 0.6) is 0 Å². The van der Waals surface area contributed by atoms with Crippen molar-refractivity contribution < 1.29 is 0 Å². The maximum atomic E-state index is 4.07. The summed E-state index contributed by atoms with van der Waals surface area (Å²) < 4.78 is 0. The molecule has 0 bridgehead atoms. The highest BCUT2D eigenvalue weighted by atomic mass is 15.2. The average molecular weight is 569 g/mol. The zero-order valence-corrected chi connectivity index (χ0v) is 25.3. The van der Waals surface area contributed by atoms with Crippen LogP contribution in [0.4, 0.5) is 34.1 Å². The fourth-order valence-corrected chi connectivity index (χ4v) is 5.78. The standard InChI is InChI=1S/C42H36N2/c1-5-33-17-9-13-21-41(33)43(39-19-11-7-15-31(39)3)37-27-23-35(24-28-37)36-25-29-38(30-26-36)44(40-20-12-8-16-32(40)4)42-22-14-10-18-34(42)6-2/h5-30H,1-2H2,3-4H3. The van der Waals surface area contributed by atoms with E-state index < -0.39 is 0 Å². The average Bonchev–Trinajstić information content (AvgIpc) is 3.08. The number of hydrogen-bond donors (Lipinski definition) is 0. The second-order valence-electron chi connectivity index (χ2n) is 10.9. The summed E-state index contributed by atoms with van der Waals surface area (Å²) in [5.41, 5.74) is 13.6. The van der Waals surface area contributed by atoms with Gasteiger partial charge in [-0.2, -0.15) is 0 Å². The molecule has 0 aliphatic carbocycles. The number of para-hydroxylation sites is 4. The molecule has 0 N–H and O–H groups in total. The van der Waals surface area contributed by atoms with Crippen LogP contribution in [0.1, 0.15) is 22.3 Å². The minimum Gasteiger partial charge on any atom is -0.310 e. The lowest BCUT2D eigenvalue weighted by Gasteiger charge is -2.29. The van der Waals surface area contributed by atoms with Gasteiger partial charge in [0.05, 0.1) is 11.4 Å². The second kappa shape index (κ2) is 12.7. The molecular weight excluding hydrogens is 532 g/mol. The van der Waals surface area contributed by atoms with Gasteiger partial charge in [-0.3, -0.25) is 0 Å². The second-order valence-corrected chi connectivity index (χ2v) is 10.9. The normalized spacial score (nSPS) is 10.7. The van der Waals surface area contributed by atoms with E-state index in [1.54, 1.807) is 0 Å². The summed E-state index contributed by atoms with van der Waals surface area (Å²) >= 11 is 0. The molecule has 2 heteroatoms. The largest absolute Gasteiger partial charge is 0.310 e. The SMILES string of the molecule is C=Cc1ccccc1N(c1ccc(-c2ccc(N(c3ccccc3C)c3ccccc3C=C)cc2)cc1)c1ccccc1C. The third kappa shape index (κ3) is 5.58. The molecule has 214 valence electrons. The number of aryl methyl sites for hydroxylation is 2. The van der Waals surface area contributed by atoms with E-state index in [-0.39, 0.29) is 0 Å². The number of anilines is 6. The number of hydrogen-bond acceptors (Lipinski definition) is 2. The predicted octanol–water partition coefficient (Wildman–Crippen LogP) is 12.2. The maximum absolute atomic E-state index is 4.07. The van der Waals surface area contributed by atoms with Crippen molar-refractivity contribution in [2.75, 3.05) is 9.80 Å². The van der Waals surface area contributed by atoms with Crippen molar-refractivity contribution in [3.63, 3.8) is 0 Å². The van der Waals surface area contributed by atoms with E-state index in [4.69, 9.17) is 0 Å². The Kier molecular flexibility index (Phi) is 8.25. The number of benzene rings is 6. The van der Waals surface area contributed by atoms with Crippen LogP contribution in [0.15, 0.2) is 159 Å². The van der Waals surface area contributed by atoms with E-state index in [2.05, 4.69) is 182 Å². The molecule has 0 unspecified atom stereocenters. The summed E-state index contributed by atoms with van der Waals surface area (Å²) in [6.07, 6.45) is 3.84. The fourth-order valence-electron chi connectivity index (χ4n) is 5.78. The van der Waals surface area contributed by atoms with Crippen LogP contribution in [0.3, 0.4) is 0 Å². The molecule has 0 amide bonds. The monoisotopic (exact) mass is 568 g/mol. The summed E-state index contributed by atoms with van der Waals surface area (Å²) in [6.45, 7) is 12.5. The summed E-state index contributed by atoms with van der Waals surface area (Å²) in [5, 5.41) is 0. The lowest BCUT2D eigenvalue weighted by atomic mass is 10.0. The topological polar surface area (TPSA) is 6.48 Å². The van der Waals surface area contributed by atoms with E-state index in [1.807, 2.05) is 12.2 Å². The van der Waals surface area contributed by atoms with E-state index >= 15 is 0 Å². The van der Waals surface area contributed by atoms with Crippen molar-refractivity contribution in [3.05, 3.63) is 181 Å². The van der Waals surface area contributed by atoms with Crippen molar-refractivity contribution in [3.8, 4) is 11.1 Å². The molecule has 0 aliphatic rings. The van der Waals surface area contributed by atoms with E-state index in [9.17, 15) is 0 Å². The molecule has 6 aromatic rings. The first-order chi connectivity index (χ1) is 21.6. The Bertz CT molecular complexity index is 1770. The first kappa shape index (κ1) is 28.5. The number of rotatable bonds is 9. The first-order valence-electron chi connectivity index (χ1n) is 14.9. The molecule has 0 saturated heterocycles. The van der Waals surface area contributed by atoms with Crippen LogP contribution < -0.4 is 9.80 Å². The van der Waals surface area contributed by atoms with Gasteiger partial charge in [0.15, 0.2) is 0 Å². The Labute approximate surface area is 261 Å². The van der Waals surface area contributed by atoms with Gasteiger partial charge >= 0.3 is 0 Å². The van der Waals surface area contributed by atoms with Gasteiger partial charge in [-0.1, -0.05) is 122 Å². The predicted molar refractivity (Wildman–Crippen MR) is 191 cm³/mol. The van der Waals surface area contributed by atoms with Crippen LogP contribution in [-0.2, 0) is 0 Å². The smallest absolute Gasteiger partial charge is 0.0533 e. The van der Waals surface area contributed by atoms with Crippen molar-refractivity contribution in [1.82, 2.24) is 0 Å².